The zero-order valence-corrected chi connectivity index (χ0v) is 73.6. The van der Waals surface area contributed by atoms with Gasteiger partial charge in [0.05, 0.1) is 0 Å². The largest absolute Gasteiger partial charge is 0.456 e. The van der Waals surface area contributed by atoms with E-state index in [2.05, 4.69) is 461 Å². The van der Waals surface area contributed by atoms with E-state index in [0.29, 0.717) is 0 Å². The highest BCUT2D eigenvalue weighted by molar-refractivity contribution is 6.29. The van der Waals surface area contributed by atoms with Gasteiger partial charge in [-0.05, 0) is 263 Å². The van der Waals surface area contributed by atoms with Crippen molar-refractivity contribution in [2.24, 2.45) is 0 Å². The topological polar surface area (TPSA) is 39.4 Å². The first-order chi connectivity index (χ1) is 67.0. The molecule has 28 aromatic rings. The molecule has 0 aliphatic carbocycles. The van der Waals surface area contributed by atoms with Gasteiger partial charge in [0.25, 0.3) is 0 Å². The van der Waals surface area contributed by atoms with Gasteiger partial charge >= 0.3 is 0 Å². The molecule has 3 heteroatoms. The Kier molecular flexibility index (Phi) is 19.0. The Morgan fingerprint density at radius 3 is 0.570 bits per heavy atom. The van der Waals surface area contributed by atoms with E-state index in [9.17, 15) is 0 Å². The Balaban J connectivity index is 0.000000106. The van der Waals surface area contributed by atoms with Crippen LogP contribution in [0, 0.1) is 0 Å². The van der Waals surface area contributed by atoms with Gasteiger partial charge in [0.2, 0.25) is 0 Å². The van der Waals surface area contributed by atoms with Crippen molar-refractivity contribution < 1.29 is 13.3 Å². The molecule has 628 valence electrons. The van der Waals surface area contributed by atoms with Crippen molar-refractivity contribution in [3.8, 4) is 111 Å². The molecule has 0 N–H and O–H groups in total. The molecule has 3 nitrogen and oxygen atoms in total. The van der Waals surface area contributed by atoms with Crippen LogP contribution >= 0.6 is 0 Å². The first kappa shape index (κ1) is 78.3. The molecule has 0 aliphatic rings. The summed E-state index contributed by atoms with van der Waals surface area (Å²) >= 11 is 0. The van der Waals surface area contributed by atoms with Crippen molar-refractivity contribution in [1.29, 1.82) is 0 Å². The van der Waals surface area contributed by atoms with Crippen LogP contribution in [0.2, 0.25) is 0 Å². The van der Waals surface area contributed by atoms with Crippen LogP contribution in [0.15, 0.2) is 511 Å². The van der Waals surface area contributed by atoms with Gasteiger partial charge in [-0.2, -0.15) is 0 Å². The summed E-state index contributed by atoms with van der Waals surface area (Å²) in [6.07, 6.45) is 0. The Labute approximate surface area is 779 Å². The maximum Gasteiger partial charge on any atom is 0.136 e. The van der Waals surface area contributed by atoms with Gasteiger partial charge in [0.1, 0.15) is 33.5 Å². The molecular formula is C132H82O3. The normalized spacial score (nSPS) is 11.7. The predicted molar refractivity (Wildman–Crippen MR) is 573 cm³/mol. The first-order valence-corrected chi connectivity index (χ1v) is 46.4. The first-order valence-electron chi connectivity index (χ1n) is 46.4. The zero-order valence-electron chi connectivity index (χ0n) is 73.6. The lowest BCUT2D eigenvalue weighted by atomic mass is 9.83. The lowest BCUT2D eigenvalue weighted by Crippen LogP contribution is -1.92. The summed E-state index contributed by atoms with van der Waals surface area (Å²) in [5.74, 6) is 0. The summed E-state index contributed by atoms with van der Waals surface area (Å²) < 4.78 is 19.0. The Morgan fingerprint density at radius 1 is 0.0889 bits per heavy atom. The fourth-order valence-corrected chi connectivity index (χ4v) is 21.9. The lowest BCUT2D eigenvalue weighted by Gasteiger charge is -2.19. The fraction of sp³-hybridized carbons (Fsp3) is 0. The SMILES string of the molecule is c1ccc(-c2ccc(-c3c4ccccc4c(-c4ccc5c(c4)oc4ccccc45)c4ccccc34)c3ccccc23)cc1.c1ccc(-c2ccc(-c3ccc(-c4c5ccccc5c(-c5ccc6c(c5)oc5ccccc56)c5ccccc45)c4ccccc34)cc2)cc1.c1ccc(-c2cccc3c(-c4c5ccccc5c(-c5ccc6c(c5)oc5ccccc56)c5ccccc45)cccc23)cc1. The molecule has 25 aromatic carbocycles. The zero-order chi connectivity index (χ0) is 89.0. The van der Waals surface area contributed by atoms with E-state index >= 15 is 0 Å². The molecule has 0 unspecified atom stereocenters. The standard InChI is InChI=1S/C48H30O.2C42H26O/c1-2-12-31(13-3-1)32-22-24-33(25-23-32)35-28-29-44(37-15-5-4-14-36(35)37)48-42-19-8-6-17-40(42)47(41-18-7-9-20-43(41)48)34-26-27-39-38-16-10-11-21-45(38)49-46(39)30-34;1-2-12-27(13-3-1)29-19-10-21-31-30(29)20-11-22-34(31)42-37-17-6-4-15-35(37)41(36-16-5-7-18-38(36)42)28-24-25-33-32-14-8-9-23-39(32)43-40(33)26-28;1-2-12-27(13-3-1)29-24-25-38(31-15-5-4-14-30(29)31)42-36-19-8-6-17-34(36)41(35-18-7-9-20-37(35)42)28-22-23-33-32-16-10-11-21-39(32)43-40(33)26-28/h1-30H;2*1-26H. The van der Waals surface area contributed by atoms with Crippen molar-refractivity contribution in [1.82, 2.24) is 0 Å². The van der Waals surface area contributed by atoms with E-state index in [1.165, 1.54) is 192 Å². The van der Waals surface area contributed by atoms with E-state index in [4.69, 9.17) is 13.3 Å². The quantitative estimate of drug-likeness (QED) is 0.128. The minimum atomic E-state index is 0.911. The predicted octanol–water partition coefficient (Wildman–Crippen LogP) is 37.8. The molecule has 3 aromatic heterocycles. The average Bonchev–Trinajstić information content (AvgIpc) is 1.52. The highest BCUT2D eigenvalue weighted by atomic mass is 16.3. The van der Waals surface area contributed by atoms with Crippen LogP contribution in [0.1, 0.15) is 0 Å². The smallest absolute Gasteiger partial charge is 0.136 e. The average molecular weight is 1720 g/mol. The highest BCUT2D eigenvalue weighted by Gasteiger charge is 2.26. The molecule has 0 amide bonds. The number of para-hydroxylation sites is 3. The summed E-state index contributed by atoms with van der Waals surface area (Å²) in [6, 6.07) is 179. The molecule has 28 rings (SSSR count). The Hall–Kier alpha value is -17.8. The van der Waals surface area contributed by atoms with Crippen molar-refractivity contribution in [2.45, 2.75) is 0 Å². The minimum absolute atomic E-state index is 0.911. The van der Waals surface area contributed by atoms with Gasteiger partial charge in [-0.25, -0.2) is 0 Å². The number of hydrogen-bond acceptors (Lipinski definition) is 3. The lowest BCUT2D eigenvalue weighted by molar-refractivity contribution is 0.668. The molecular weight excluding hydrogens is 1630 g/mol. The Bertz CT molecular complexity index is 9130. The van der Waals surface area contributed by atoms with Crippen LogP contribution in [0.3, 0.4) is 0 Å². The van der Waals surface area contributed by atoms with Gasteiger partial charge in [0, 0.05) is 32.3 Å². The van der Waals surface area contributed by atoms with Gasteiger partial charge in [0.15, 0.2) is 0 Å². The van der Waals surface area contributed by atoms with Crippen molar-refractivity contribution >= 4 is 163 Å². The molecule has 0 atom stereocenters. The number of rotatable bonds is 10. The summed E-state index contributed by atoms with van der Waals surface area (Å²) in [4.78, 5) is 0. The minimum Gasteiger partial charge on any atom is -0.456 e. The third-order valence-corrected chi connectivity index (χ3v) is 27.8. The van der Waals surface area contributed by atoms with Crippen LogP contribution in [-0.2, 0) is 0 Å². The molecule has 0 bridgehead atoms. The van der Waals surface area contributed by atoms with Crippen molar-refractivity contribution in [3.05, 3.63) is 497 Å². The van der Waals surface area contributed by atoms with E-state index in [0.717, 1.165) is 82.5 Å². The van der Waals surface area contributed by atoms with Crippen molar-refractivity contribution in [2.75, 3.05) is 0 Å². The van der Waals surface area contributed by atoms with E-state index in [1.54, 1.807) is 0 Å². The second-order valence-electron chi connectivity index (χ2n) is 35.2. The van der Waals surface area contributed by atoms with Gasteiger partial charge in [-0.15, -0.1) is 0 Å². The molecule has 0 radical (unpaired) electrons. The summed E-state index contributed by atoms with van der Waals surface area (Å²) in [6.45, 7) is 0. The van der Waals surface area contributed by atoms with Crippen LogP contribution in [0.5, 0.6) is 0 Å². The number of hydrogen-bond donors (Lipinski definition) is 0. The summed E-state index contributed by atoms with van der Waals surface area (Å²) in [5, 5.41) is 29.3. The third-order valence-electron chi connectivity index (χ3n) is 27.8. The van der Waals surface area contributed by atoms with Gasteiger partial charge < -0.3 is 13.3 Å². The molecule has 0 saturated carbocycles. The van der Waals surface area contributed by atoms with Gasteiger partial charge in [-0.1, -0.05) is 443 Å². The second-order valence-corrected chi connectivity index (χ2v) is 35.2. The molecule has 135 heavy (non-hydrogen) atoms. The maximum absolute atomic E-state index is 6.36. The molecule has 0 saturated heterocycles. The van der Waals surface area contributed by atoms with Crippen LogP contribution in [0.4, 0.5) is 0 Å². The molecule has 0 spiro atoms. The maximum atomic E-state index is 6.36. The molecule has 0 aliphatic heterocycles. The Morgan fingerprint density at radius 2 is 0.267 bits per heavy atom. The third kappa shape index (κ3) is 13.3. The van der Waals surface area contributed by atoms with Gasteiger partial charge in [-0.3, -0.25) is 0 Å². The number of benzene rings is 25. The molecule has 3 heterocycles. The van der Waals surface area contributed by atoms with Crippen LogP contribution < -0.4 is 0 Å². The van der Waals surface area contributed by atoms with Crippen LogP contribution in [-0.4, -0.2) is 0 Å². The second kappa shape index (κ2) is 32.7. The monoisotopic (exact) mass is 1710 g/mol. The summed E-state index contributed by atoms with van der Waals surface area (Å²) in [5.41, 5.74) is 30.1. The fourth-order valence-electron chi connectivity index (χ4n) is 21.9. The van der Waals surface area contributed by atoms with Crippen LogP contribution in [0.25, 0.3) is 274 Å². The number of fused-ring (bicyclic) bond motifs is 18. The van der Waals surface area contributed by atoms with E-state index in [1.807, 2.05) is 36.4 Å². The van der Waals surface area contributed by atoms with E-state index in [-0.39, 0.29) is 0 Å². The highest BCUT2D eigenvalue weighted by Crippen LogP contribution is 2.53. The van der Waals surface area contributed by atoms with E-state index < -0.39 is 0 Å². The number of furan rings is 3. The summed E-state index contributed by atoms with van der Waals surface area (Å²) in [7, 11) is 0. The van der Waals surface area contributed by atoms with Crippen molar-refractivity contribution in [3.63, 3.8) is 0 Å². The molecule has 0 fully saturated rings.